The van der Waals surface area contributed by atoms with Crippen LogP contribution in [0.5, 0.6) is 5.75 Å². The van der Waals surface area contributed by atoms with E-state index in [0.717, 1.165) is 12.1 Å². The third kappa shape index (κ3) is 4.63. The normalized spacial score (nSPS) is 9.61. The van der Waals surface area contributed by atoms with Gasteiger partial charge in [-0.05, 0) is 19.1 Å². The molecular formula is C14H10BaN2O6+2. The van der Waals surface area contributed by atoms with Gasteiger partial charge in [-0.3, -0.25) is 20.2 Å². The number of hydrogen-bond donors (Lipinski definition) is 0. The molecule has 0 bridgehead atoms. The zero-order valence-corrected chi connectivity index (χ0v) is 16.5. The number of nitrogens with zero attached hydrogens (tertiary/aromatic N) is 2. The van der Waals surface area contributed by atoms with Crippen LogP contribution in [-0.2, 0) is 0 Å². The van der Waals surface area contributed by atoms with E-state index in [2.05, 4.69) is 0 Å². The van der Waals surface area contributed by atoms with E-state index in [0.29, 0.717) is 0 Å². The molecule has 112 valence electrons. The number of hydrogen-bond acceptors (Lipinski definition) is 6. The van der Waals surface area contributed by atoms with Crippen molar-refractivity contribution in [2.75, 3.05) is 0 Å². The van der Waals surface area contributed by atoms with E-state index >= 15 is 0 Å². The smallest absolute Gasteiger partial charge is 0.415 e. The quantitative estimate of drug-likeness (QED) is 0.238. The van der Waals surface area contributed by atoms with Gasteiger partial charge in [-0.2, -0.15) is 0 Å². The molecule has 23 heavy (non-hydrogen) atoms. The molecule has 0 saturated carbocycles. The van der Waals surface area contributed by atoms with Crippen molar-refractivity contribution in [1.82, 2.24) is 0 Å². The van der Waals surface area contributed by atoms with E-state index < -0.39 is 27.2 Å². The molecule has 0 spiro atoms. The van der Waals surface area contributed by atoms with Gasteiger partial charge in [0.25, 0.3) is 5.69 Å². The summed E-state index contributed by atoms with van der Waals surface area (Å²) in [5.41, 5.74) is -0.723. The summed E-state index contributed by atoms with van der Waals surface area (Å²) in [5, 5.41) is 21.8. The first-order valence-electron chi connectivity index (χ1n) is 6.11. The van der Waals surface area contributed by atoms with Crippen LogP contribution < -0.4 is 4.74 Å². The van der Waals surface area contributed by atoms with Gasteiger partial charge in [-0.1, -0.05) is 18.2 Å². The molecule has 0 aliphatic carbocycles. The number of carbonyl (C=O) groups excluding carboxylic acids is 1. The van der Waals surface area contributed by atoms with Crippen LogP contribution in [0.15, 0.2) is 42.5 Å². The van der Waals surface area contributed by atoms with Crippen LogP contribution in [0.2, 0.25) is 0 Å². The van der Waals surface area contributed by atoms with Crippen molar-refractivity contribution in [3.05, 3.63) is 73.8 Å². The van der Waals surface area contributed by atoms with Crippen LogP contribution in [-0.4, -0.2) is 64.7 Å². The fraction of sp³-hybridized carbons (Fsp3) is 0.0714. The molecule has 9 heteroatoms. The van der Waals surface area contributed by atoms with Crippen LogP contribution in [0.4, 0.5) is 11.4 Å². The van der Waals surface area contributed by atoms with Crippen LogP contribution in [0.25, 0.3) is 0 Å². The molecule has 0 saturated heterocycles. The van der Waals surface area contributed by atoms with Crippen molar-refractivity contribution < 1.29 is 19.4 Å². The number of benzene rings is 2. The van der Waals surface area contributed by atoms with E-state index in [-0.39, 0.29) is 65.8 Å². The first-order chi connectivity index (χ1) is 10.4. The van der Waals surface area contributed by atoms with E-state index in [1.54, 1.807) is 18.2 Å². The fourth-order valence-electron chi connectivity index (χ4n) is 1.84. The Kier molecular flexibility index (Phi) is 6.91. The molecule has 2 aromatic rings. The molecule has 0 radical (unpaired) electrons. The number of nitro benzene ring substituents is 2. The van der Waals surface area contributed by atoms with Crippen LogP contribution in [0.3, 0.4) is 0 Å². The van der Waals surface area contributed by atoms with Crippen LogP contribution in [0, 0.1) is 27.2 Å². The molecule has 2 rings (SSSR count). The maximum absolute atomic E-state index is 12.0. The summed E-state index contributed by atoms with van der Waals surface area (Å²) in [6.45, 7) is 1.40. The average molecular weight is 440 g/mol. The Morgan fingerprint density at radius 3 is 2.17 bits per heavy atom. The molecule has 0 aliphatic rings. The number of non-ortho nitro benzene ring substituents is 1. The van der Waals surface area contributed by atoms with E-state index in [1.165, 1.54) is 19.1 Å². The summed E-state index contributed by atoms with van der Waals surface area (Å²) >= 11 is 0. The van der Waals surface area contributed by atoms with Crippen molar-refractivity contribution in [2.45, 2.75) is 6.92 Å². The Morgan fingerprint density at radius 1 is 1.04 bits per heavy atom. The minimum atomic E-state index is -0.826. The van der Waals surface area contributed by atoms with Gasteiger partial charge in [0.15, 0.2) is 0 Å². The summed E-state index contributed by atoms with van der Waals surface area (Å²) in [6, 6.07) is 9.81. The second-order valence-electron chi connectivity index (χ2n) is 4.38. The topological polar surface area (TPSA) is 113 Å². The minimum absolute atomic E-state index is 0. The Balaban J connectivity index is 0.00000264. The van der Waals surface area contributed by atoms with Gasteiger partial charge in [0.05, 0.1) is 21.5 Å². The van der Waals surface area contributed by atoms with E-state index in [4.69, 9.17) is 4.74 Å². The maximum Gasteiger partial charge on any atom is 2.00 e. The molecular weight excluding hydrogens is 429 g/mol. The molecule has 0 N–H and O–H groups in total. The zero-order chi connectivity index (χ0) is 16.3. The van der Waals surface area contributed by atoms with Crippen molar-refractivity contribution in [1.29, 1.82) is 0 Å². The fourth-order valence-corrected chi connectivity index (χ4v) is 1.84. The van der Waals surface area contributed by atoms with E-state index in [1.807, 2.05) is 0 Å². The molecule has 2 aromatic carbocycles. The molecule has 0 fully saturated rings. The Hall–Kier alpha value is -1.72. The molecule has 0 atom stereocenters. The van der Waals surface area contributed by atoms with Crippen LogP contribution in [0.1, 0.15) is 15.9 Å². The van der Waals surface area contributed by atoms with Gasteiger partial charge in [0, 0.05) is 11.6 Å². The van der Waals surface area contributed by atoms with Crippen molar-refractivity contribution in [3.63, 3.8) is 0 Å². The second-order valence-corrected chi connectivity index (χ2v) is 4.38. The summed E-state index contributed by atoms with van der Waals surface area (Å²) < 4.78 is 5.06. The third-order valence-corrected chi connectivity index (χ3v) is 2.85. The first-order valence-corrected chi connectivity index (χ1v) is 6.11. The number of rotatable bonds is 4. The predicted octanol–water partition coefficient (Wildman–Crippen LogP) is 2.65. The predicted molar refractivity (Wildman–Crippen MR) is 81.6 cm³/mol. The molecule has 0 heterocycles. The van der Waals surface area contributed by atoms with Gasteiger partial charge in [-0.15, -0.1) is 0 Å². The molecule has 0 aliphatic heterocycles. The average Bonchev–Trinajstić information content (AvgIpc) is 2.49. The van der Waals surface area contributed by atoms with Crippen molar-refractivity contribution in [2.24, 2.45) is 0 Å². The van der Waals surface area contributed by atoms with Gasteiger partial charge < -0.3 is 4.74 Å². The molecule has 0 amide bonds. The standard InChI is InChI=1S/C14H10N2O6.Ba/c1-9-7-11(15(18)19)8-12(16(20)21)13(9)22-14(17)10-5-3-2-4-6-10;/h2-8H,1H3;/q;+2. The minimum Gasteiger partial charge on any atom is -0.415 e. The summed E-state index contributed by atoms with van der Waals surface area (Å²) in [5.74, 6) is -1.08. The monoisotopic (exact) mass is 440 g/mol. The Bertz CT molecular complexity index is 763. The molecule has 8 nitrogen and oxygen atoms in total. The van der Waals surface area contributed by atoms with Gasteiger partial charge in [0.1, 0.15) is 0 Å². The zero-order valence-electron chi connectivity index (χ0n) is 12.1. The maximum atomic E-state index is 12.0. The third-order valence-electron chi connectivity index (χ3n) is 2.85. The number of nitro groups is 2. The molecule has 0 aromatic heterocycles. The first kappa shape index (κ1) is 19.3. The van der Waals surface area contributed by atoms with Crippen LogP contribution >= 0.6 is 0 Å². The number of aryl methyl sites for hydroxylation is 1. The largest absolute Gasteiger partial charge is 2.00 e. The van der Waals surface area contributed by atoms with Crippen molar-refractivity contribution >= 4 is 66.2 Å². The molecule has 0 unspecified atom stereocenters. The van der Waals surface area contributed by atoms with Gasteiger partial charge >= 0.3 is 60.5 Å². The van der Waals surface area contributed by atoms with Gasteiger partial charge in [-0.25, -0.2) is 4.79 Å². The summed E-state index contributed by atoms with van der Waals surface area (Å²) in [7, 11) is 0. The van der Waals surface area contributed by atoms with Crippen molar-refractivity contribution in [3.8, 4) is 5.75 Å². The second kappa shape index (κ2) is 8.22. The van der Waals surface area contributed by atoms with E-state index in [9.17, 15) is 25.0 Å². The number of carbonyl (C=O) groups is 1. The summed E-state index contributed by atoms with van der Waals surface area (Å²) in [6.07, 6.45) is 0. The van der Waals surface area contributed by atoms with Gasteiger partial charge in [0.2, 0.25) is 5.75 Å². The number of ether oxygens (including phenoxy) is 1. The summed E-state index contributed by atoms with van der Waals surface area (Å²) in [4.78, 5) is 32.2. The SMILES string of the molecule is Cc1cc([N+](=O)[O-])cc([N+](=O)[O-])c1OC(=O)c1ccccc1.[Ba+2]. The Labute approximate surface area is 170 Å². The number of esters is 1. The Morgan fingerprint density at radius 2 is 1.65 bits per heavy atom.